The minimum Gasteiger partial charge on any atom is -0.480 e. The van der Waals surface area contributed by atoms with Gasteiger partial charge < -0.3 is 31.5 Å². The predicted molar refractivity (Wildman–Crippen MR) is 83.1 cm³/mol. The molecule has 0 aliphatic carbocycles. The van der Waals surface area contributed by atoms with Gasteiger partial charge in [0, 0.05) is 25.2 Å². The standard InChI is InChI=1S/C13H21BN4O4/c15-10-4-2-6-17-11(10)18-7-9(3-1-5-14(21)22)13(16,8-18)12(19)20/h2,4,6,9,21-22H,1,3,5,7-8,15-16H2,(H,19,20)/t9-,13-/m0/s1. The molecule has 0 radical (unpaired) electrons. The molecule has 1 aromatic heterocycles. The largest absolute Gasteiger partial charge is 0.480 e. The Balaban J connectivity index is 2.15. The van der Waals surface area contributed by atoms with Crippen LogP contribution in [0.2, 0.25) is 6.32 Å². The first-order valence-electron chi connectivity index (χ1n) is 7.18. The van der Waals surface area contributed by atoms with Crippen molar-refractivity contribution in [3.8, 4) is 0 Å². The average molecular weight is 308 g/mol. The number of carboxylic acids is 1. The van der Waals surface area contributed by atoms with Crippen LogP contribution in [-0.4, -0.2) is 51.9 Å². The SMILES string of the molecule is Nc1cccnc1N1C[C@H](CCCB(O)O)[C@](N)(C(=O)O)C1. The summed E-state index contributed by atoms with van der Waals surface area (Å²) in [5.41, 5.74) is 11.1. The van der Waals surface area contributed by atoms with E-state index in [0.29, 0.717) is 30.9 Å². The van der Waals surface area contributed by atoms with E-state index >= 15 is 0 Å². The maximum Gasteiger partial charge on any atom is 0.451 e. The number of pyridine rings is 1. The smallest absolute Gasteiger partial charge is 0.451 e. The highest BCUT2D eigenvalue weighted by molar-refractivity contribution is 6.40. The zero-order chi connectivity index (χ0) is 16.3. The Morgan fingerprint density at radius 3 is 2.86 bits per heavy atom. The second kappa shape index (κ2) is 6.51. The minimum atomic E-state index is -1.40. The normalized spacial score (nSPS) is 24.5. The van der Waals surface area contributed by atoms with E-state index in [1.54, 1.807) is 23.2 Å². The molecule has 120 valence electrons. The van der Waals surface area contributed by atoms with E-state index < -0.39 is 18.6 Å². The summed E-state index contributed by atoms with van der Waals surface area (Å²) in [6, 6.07) is 3.42. The molecule has 1 aromatic rings. The first-order valence-corrected chi connectivity index (χ1v) is 7.18. The topological polar surface area (TPSA) is 146 Å². The molecule has 1 aliphatic heterocycles. The average Bonchev–Trinajstić information content (AvgIpc) is 2.78. The summed E-state index contributed by atoms with van der Waals surface area (Å²) < 4.78 is 0. The van der Waals surface area contributed by atoms with Crippen LogP contribution in [0.1, 0.15) is 12.8 Å². The van der Waals surface area contributed by atoms with E-state index in [-0.39, 0.29) is 18.8 Å². The Morgan fingerprint density at radius 1 is 1.55 bits per heavy atom. The molecule has 0 amide bonds. The molecule has 2 atom stereocenters. The molecular formula is C13H21BN4O4. The fraction of sp³-hybridized carbons (Fsp3) is 0.538. The van der Waals surface area contributed by atoms with Gasteiger partial charge in [0.05, 0.1) is 5.69 Å². The highest BCUT2D eigenvalue weighted by Gasteiger charge is 2.49. The molecule has 1 saturated heterocycles. The van der Waals surface area contributed by atoms with Gasteiger partial charge in [-0.2, -0.15) is 0 Å². The van der Waals surface area contributed by atoms with Gasteiger partial charge in [-0.15, -0.1) is 0 Å². The Kier molecular flexibility index (Phi) is 4.89. The van der Waals surface area contributed by atoms with Crippen LogP contribution in [0, 0.1) is 5.92 Å². The van der Waals surface area contributed by atoms with Crippen LogP contribution in [0.25, 0.3) is 0 Å². The van der Waals surface area contributed by atoms with Crippen LogP contribution < -0.4 is 16.4 Å². The lowest BCUT2D eigenvalue weighted by molar-refractivity contribution is -0.144. The third kappa shape index (κ3) is 3.32. The van der Waals surface area contributed by atoms with E-state index in [1.807, 2.05) is 0 Å². The fourth-order valence-corrected chi connectivity index (χ4v) is 2.91. The molecule has 22 heavy (non-hydrogen) atoms. The maximum atomic E-state index is 11.6. The summed E-state index contributed by atoms with van der Waals surface area (Å²) >= 11 is 0. The first kappa shape index (κ1) is 16.5. The first-order chi connectivity index (χ1) is 10.3. The summed E-state index contributed by atoms with van der Waals surface area (Å²) in [6.07, 6.45) is 2.77. The molecule has 0 aromatic carbocycles. The van der Waals surface area contributed by atoms with Crippen LogP contribution in [0.15, 0.2) is 18.3 Å². The lowest BCUT2D eigenvalue weighted by Gasteiger charge is -2.25. The maximum absolute atomic E-state index is 11.6. The van der Waals surface area contributed by atoms with Crippen LogP contribution in [0.4, 0.5) is 11.5 Å². The zero-order valence-corrected chi connectivity index (χ0v) is 12.2. The number of rotatable bonds is 6. The molecule has 8 nitrogen and oxygen atoms in total. The van der Waals surface area contributed by atoms with Crippen molar-refractivity contribution in [3.05, 3.63) is 18.3 Å². The minimum absolute atomic E-state index is 0.121. The van der Waals surface area contributed by atoms with Crippen LogP contribution in [0.5, 0.6) is 0 Å². The number of hydrogen-bond acceptors (Lipinski definition) is 7. The number of aromatic nitrogens is 1. The lowest BCUT2D eigenvalue weighted by Crippen LogP contribution is -2.54. The van der Waals surface area contributed by atoms with Crippen molar-refractivity contribution >= 4 is 24.6 Å². The number of carbonyl (C=O) groups is 1. The number of carboxylic acid groups (broad SMARTS) is 1. The van der Waals surface area contributed by atoms with Gasteiger partial charge in [0.25, 0.3) is 0 Å². The molecule has 9 heteroatoms. The van der Waals surface area contributed by atoms with Crippen molar-refractivity contribution in [3.63, 3.8) is 0 Å². The van der Waals surface area contributed by atoms with E-state index in [0.717, 1.165) is 0 Å². The molecule has 2 heterocycles. The van der Waals surface area contributed by atoms with Gasteiger partial charge in [-0.05, 0) is 24.9 Å². The van der Waals surface area contributed by atoms with E-state index in [9.17, 15) is 9.90 Å². The summed E-state index contributed by atoms with van der Waals surface area (Å²) in [7, 11) is -1.39. The van der Waals surface area contributed by atoms with Gasteiger partial charge in [-0.1, -0.05) is 6.42 Å². The van der Waals surface area contributed by atoms with E-state index in [2.05, 4.69) is 4.98 Å². The highest BCUT2D eigenvalue weighted by Crippen LogP contribution is 2.34. The fourth-order valence-electron chi connectivity index (χ4n) is 2.91. The van der Waals surface area contributed by atoms with Crippen molar-refractivity contribution < 1.29 is 19.9 Å². The molecule has 1 aliphatic rings. The summed E-state index contributed by atoms with van der Waals surface area (Å²) in [5, 5.41) is 27.3. The molecule has 7 N–H and O–H groups in total. The second-order valence-corrected chi connectivity index (χ2v) is 5.75. The Bertz CT molecular complexity index is 545. The quantitative estimate of drug-likeness (QED) is 0.426. The third-order valence-corrected chi connectivity index (χ3v) is 4.15. The third-order valence-electron chi connectivity index (χ3n) is 4.15. The van der Waals surface area contributed by atoms with Crippen LogP contribution in [0.3, 0.4) is 0 Å². The van der Waals surface area contributed by atoms with Crippen molar-refractivity contribution in [2.75, 3.05) is 23.7 Å². The van der Waals surface area contributed by atoms with Crippen molar-refractivity contribution in [2.24, 2.45) is 11.7 Å². The predicted octanol–water partition coefficient (Wildman–Crippen LogP) is -0.865. The molecule has 2 rings (SSSR count). The number of nitrogen functional groups attached to an aromatic ring is 1. The van der Waals surface area contributed by atoms with Crippen molar-refractivity contribution in [1.29, 1.82) is 0 Å². The van der Waals surface area contributed by atoms with Crippen molar-refractivity contribution in [1.82, 2.24) is 4.98 Å². The molecule has 0 bridgehead atoms. The Morgan fingerprint density at radius 2 is 2.27 bits per heavy atom. The van der Waals surface area contributed by atoms with Gasteiger partial charge in [0.15, 0.2) is 5.82 Å². The monoisotopic (exact) mass is 308 g/mol. The molecular weight excluding hydrogens is 287 g/mol. The Hall–Kier alpha value is -1.84. The zero-order valence-electron chi connectivity index (χ0n) is 12.2. The number of hydrogen-bond donors (Lipinski definition) is 5. The van der Waals surface area contributed by atoms with Crippen molar-refractivity contribution in [2.45, 2.75) is 24.7 Å². The number of anilines is 2. The molecule has 0 saturated carbocycles. The van der Waals surface area contributed by atoms with Crippen LogP contribution in [-0.2, 0) is 4.79 Å². The summed E-state index contributed by atoms with van der Waals surface area (Å²) in [5.74, 6) is -0.854. The van der Waals surface area contributed by atoms with Gasteiger partial charge in [0.1, 0.15) is 5.54 Å². The van der Waals surface area contributed by atoms with Gasteiger partial charge >= 0.3 is 13.1 Å². The van der Waals surface area contributed by atoms with Gasteiger partial charge in [-0.3, -0.25) is 4.79 Å². The summed E-state index contributed by atoms with van der Waals surface area (Å²) in [6.45, 7) is 0.543. The van der Waals surface area contributed by atoms with Gasteiger partial charge in [-0.25, -0.2) is 4.98 Å². The lowest BCUT2D eigenvalue weighted by atomic mass is 9.78. The van der Waals surface area contributed by atoms with Gasteiger partial charge in [0.2, 0.25) is 0 Å². The van der Waals surface area contributed by atoms with Crippen LogP contribution >= 0.6 is 0 Å². The number of nitrogens with zero attached hydrogens (tertiary/aromatic N) is 2. The number of aliphatic carboxylic acids is 1. The molecule has 0 unspecified atom stereocenters. The molecule has 1 fully saturated rings. The Labute approximate surface area is 128 Å². The number of nitrogens with two attached hydrogens (primary N) is 2. The second-order valence-electron chi connectivity index (χ2n) is 5.75. The van der Waals surface area contributed by atoms with E-state index in [1.165, 1.54) is 0 Å². The summed E-state index contributed by atoms with van der Waals surface area (Å²) in [4.78, 5) is 17.6. The highest BCUT2D eigenvalue weighted by atomic mass is 16.4. The molecule has 0 spiro atoms. The van der Waals surface area contributed by atoms with E-state index in [4.69, 9.17) is 21.5 Å².